The molecule has 0 aliphatic carbocycles. The van der Waals surface area contributed by atoms with E-state index in [9.17, 15) is 14.7 Å². The Bertz CT molecular complexity index is 473. The van der Waals surface area contributed by atoms with E-state index < -0.39 is 6.04 Å². The number of nitrogens with one attached hydrogen (secondary N) is 1. The molecule has 1 heterocycles. The van der Waals surface area contributed by atoms with Crippen LogP contribution in [0, 0.1) is 0 Å². The molecule has 2 amide bonds. The molecule has 0 bridgehead atoms. The summed E-state index contributed by atoms with van der Waals surface area (Å²) in [6, 6.07) is 5.96. The Kier molecular flexibility index (Phi) is 3.50. The molecule has 0 unspecified atom stereocenters. The first-order valence-electron chi connectivity index (χ1n) is 5.95. The van der Waals surface area contributed by atoms with E-state index >= 15 is 0 Å². The van der Waals surface area contributed by atoms with Gasteiger partial charge in [-0.3, -0.25) is 9.59 Å². The summed E-state index contributed by atoms with van der Waals surface area (Å²) in [5, 5.41) is 12.2. The first-order valence-corrected chi connectivity index (χ1v) is 5.95. The van der Waals surface area contributed by atoms with Gasteiger partial charge in [-0.25, -0.2) is 0 Å². The lowest BCUT2D eigenvalue weighted by Gasteiger charge is -2.23. The molecule has 0 aromatic heterocycles. The van der Waals surface area contributed by atoms with Crippen LogP contribution in [-0.4, -0.2) is 41.5 Å². The minimum Gasteiger partial charge on any atom is -0.507 e. The van der Waals surface area contributed by atoms with Crippen LogP contribution in [0.15, 0.2) is 24.3 Å². The van der Waals surface area contributed by atoms with E-state index in [1.165, 1.54) is 11.0 Å². The standard InChI is InChI=1S/C13H16N2O3/c1-14-12(17)10-6-4-8-15(10)13(18)9-5-2-3-7-11(9)16/h2-3,5,7,10,16H,4,6,8H2,1H3,(H,14,17)/t10-/m1/s1. The van der Waals surface area contributed by atoms with E-state index in [0.29, 0.717) is 13.0 Å². The van der Waals surface area contributed by atoms with Crippen molar-refractivity contribution in [2.75, 3.05) is 13.6 Å². The van der Waals surface area contributed by atoms with Gasteiger partial charge in [0.2, 0.25) is 5.91 Å². The highest BCUT2D eigenvalue weighted by Crippen LogP contribution is 2.24. The molecule has 1 aromatic rings. The minimum atomic E-state index is -0.429. The summed E-state index contributed by atoms with van der Waals surface area (Å²) < 4.78 is 0. The maximum atomic E-state index is 12.3. The number of rotatable bonds is 2. The maximum absolute atomic E-state index is 12.3. The number of carbonyl (C=O) groups is 2. The molecule has 1 aliphatic heterocycles. The molecule has 0 saturated carbocycles. The molecule has 1 saturated heterocycles. The first-order chi connectivity index (χ1) is 8.65. The number of para-hydroxylation sites is 1. The second-order valence-electron chi connectivity index (χ2n) is 4.29. The number of phenolic OH excluding ortho intramolecular Hbond substituents is 1. The van der Waals surface area contributed by atoms with Gasteiger partial charge in [-0.05, 0) is 25.0 Å². The number of hydrogen-bond acceptors (Lipinski definition) is 3. The summed E-state index contributed by atoms with van der Waals surface area (Å²) in [6.07, 6.45) is 1.47. The fraction of sp³-hybridized carbons (Fsp3) is 0.385. The normalized spacial score (nSPS) is 18.7. The zero-order chi connectivity index (χ0) is 13.1. The van der Waals surface area contributed by atoms with Crippen LogP contribution < -0.4 is 5.32 Å². The number of nitrogens with zero attached hydrogens (tertiary/aromatic N) is 1. The van der Waals surface area contributed by atoms with Crippen molar-refractivity contribution in [1.29, 1.82) is 0 Å². The Hall–Kier alpha value is -2.04. The fourth-order valence-electron chi connectivity index (χ4n) is 2.26. The molecule has 0 spiro atoms. The molecule has 1 aromatic carbocycles. The van der Waals surface area contributed by atoms with Crippen LogP contribution in [0.5, 0.6) is 5.75 Å². The first kappa shape index (κ1) is 12.4. The molecule has 1 aliphatic rings. The molecule has 2 N–H and O–H groups in total. The second kappa shape index (κ2) is 5.08. The predicted molar refractivity (Wildman–Crippen MR) is 66.2 cm³/mol. The van der Waals surface area contributed by atoms with E-state index in [-0.39, 0.29) is 23.1 Å². The topological polar surface area (TPSA) is 69.6 Å². The van der Waals surface area contributed by atoms with Gasteiger partial charge < -0.3 is 15.3 Å². The van der Waals surface area contributed by atoms with E-state index in [2.05, 4.69) is 5.32 Å². The van der Waals surface area contributed by atoms with Gasteiger partial charge in [0.25, 0.3) is 5.91 Å². The van der Waals surface area contributed by atoms with E-state index in [4.69, 9.17) is 0 Å². The molecule has 2 rings (SSSR count). The average Bonchev–Trinajstić information content (AvgIpc) is 2.86. The van der Waals surface area contributed by atoms with Crippen LogP contribution in [0.4, 0.5) is 0 Å². The molecule has 1 atom stereocenters. The molecular weight excluding hydrogens is 232 g/mol. The number of aromatic hydroxyl groups is 1. The number of hydrogen-bond donors (Lipinski definition) is 2. The molecule has 18 heavy (non-hydrogen) atoms. The highest BCUT2D eigenvalue weighted by Gasteiger charge is 2.34. The summed E-state index contributed by atoms with van der Waals surface area (Å²) in [7, 11) is 1.56. The summed E-state index contributed by atoms with van der Waals surface area (Å²) >= 11 is 0. The van der Waals surface area contributed by atoms with Crippen molar-refractivity contribution >= 4 is 11.8 Å². The quantitative estimate of drug-likeness (QED) is 0.811. The van der Waals surface area contributed by atoms with Crippen LogP contribution >= 0.6 is 0 Å². The van der Waals surface area contributed by atoms with Crippen LogP contribution in [0.2, 0.25) is 0 Å². The number of benzene rings is 1. The summed E-state index contributed by atoms with van der Waals surface area (Å²) in [5.74, 6) is -0.500. The van der Waals surface area contributed by atoms with Gasteiger partial charge in [-0.1, -0.05) is 12.1 Å². The summed E-state index contributed by atoms with van der Waals surface area (Å²) in [5.41, 5.74) is 0.244. The third-order valence-electron chi connectivity index (χ3n) is 3.20. The van der Waals surface area contributed by atoms with Crippen molar-refractivity contribution in [3.63, 3.8) is 0 Å². The summed E-state index contributed by atoms with van der Waals surface area (Å²) in [6.45, 7) is 0.547. The van der Waals surface area contributed by atoms with Crippen molar-refractivity contribution in [2.24, 2.45) is 0 Å². The Morgan fingerprint density at radius 1 is 1.39 bits per heavy atom. The lowest BCUT2D eigenvalue weighted by atomic mass is 10.1. The van der Waals surface area contributed by atoms with Crippen LogP contribution in [0.25, 0.3) is 0 Å². The smallest absolute Gasteiger partial charge is 0.258 e. The van der Waals surface area contributed by atoms with Gasteiger partial charge in [-0.15, -0.1) is 0 Å². The second-order valence-corrected chi connectivity index (χ2v) is 4.29. The van der Waals surface area contributed by atoms with Gasteiger partial charge >= 0.3 is 0 Å². The highest BCUT2D eigenvalue weighted by molar-refractivity contribution is 5.99. The van der Waals surface area contributed by atoms with Crippen molar-refractivity contribution in [2.45, 2.75) is 18.9 Å². The molecule has 1 fully saturated rings. The zero-order valence-electron chi connectivity index (χ0n) is 10.2. The van der Waals surface area contributed by atoms with Crippen molar-refractivity contribution in [3.05, 3.63) is 29.8 Å². The summed E-state index contributed by atoms with van der Waals surface area (Å²) in [4.78, 5) is 25.5. The fourth-order valence-corrected chi connectivity index (χ4v) is 2.26. The number of likely N-dealkylation sites (N-methyl/N-ethyl adjacent to an activating group) is 1. The van der Waals surface area contributed by atoms with Gasteiger partial charge in [0.15, 0.2) is 0 Å². The number of likely N-dealkylation sites (tertiary alicyclic amines) is 1. The van der Waals surface area contributed by atoms with Crippen LogP contribution in [-0.2, 0) is 4.79 Å². The van der Waals surface area contributed by atoms with Crippen molar-refractivity contribution in [3.8, 4) is 5.75 Å². The minimum absolute atomic E-state index is 0.0509. The lowest BCUT2D eigenvalue weighted by molar-refractivity contribution is -0.124. The molecule has 0 radical (unpaired) electrons. The Morgan fingerprint density at radius 3 is 2.78 bits per heavy atom. The highest BCUT2D eigenvalue weighted by atomic mass is 16.3. The van der Waals surface area contributed by atoms with Crippen LogP contribution in [0.3, 0.4) is 0 Å². The predicted octanol–water partition coefficient (Wildman–Crippen LogP) is 0.743. The monoisotopic (exact) mass is 248 g/mol. The van der Waals surface area contributed by atoms with E-state index in [1.54, 1.807) is 25.2 Å². The molecular formula is C13H16N2O3. The SMILES string of the molecule is CNC(=O)[C@H]1CCCN1C(=O)c1ccccc1O. The largest absolute Gasteiger partial charge is 0.507 e. The van der Waals surface area contributed by atoms with Gasteiger partial charge in [0.05, 0.1) is 5.56 Å². The van der Waals surface area contributed by atoms with Gasteiger partial charge in [0.1, 0.15) is 11.8 Å². The molecule has 5 heteroatoms. The number of carbonyl (C=O) groups excluding carboxylic acids is 2. The third kappa shape index (κ3) is 2.16. The van der Waals surface area contributed by atoms with Crippen LogP contribution in [0.1, 0.15) is 23.2 Å². The van der Waals surface area contributed by atoms with Gasteiger partial charge in [-0.2, -0.15) is 0 Å². The molecule has 5 nitrogen and oxygen atoms in total. The van der Waals surface area contributed by atoms with E-state index in [0.717, 1.165) is 6.42 Å². The zero-order valence-corrected chi connectivity index (χ0v) is 10.2. The number of amides is 2. The van der Waals surface area contributed by atoms with Gasteiger partial charge in [0, 0.05) is 13.6 Å². The third-order valence-corrected chi connectivity index (χ3v) is 3.20. The Balaban J connectivity index is 2.23. The maximum Gasteiger partial charge on any atom is 0.258 e. The lowest BCUT2D eigenvalue weighted by Crippen LogP contribution is -2.44. The Morgan fingerprint density at radius 2 is 2.11 bits per heavy atom. The average molecular weight is 248 g/mol. The number of phenols is 1. The van der Waals surface area contributed by atoms with Crippen molar-refractivity contribution < 1.29 is 14.7 Å². The Labute approximate surface area is 105 Å². The van der Waals surface area contributed by atoms with E-state index in [1.807, 2.05) is 0 Å². The molecule has 96 valence electrons. The van der Waals surface area contributed by atoms with Crippen molar-refractivity contribution in [1.82, 2.24) is 10.2 Å².